The number of sulfonamides is 1. The number of nitrogens with one attached hydrogen (secondary N) is 1. The molecule has 0 radical (unpaired) electrons. The first-order valence-electron chi connectivity index (χ1n) is 6.60. The highest BCUT2D eigenvalue weighted by atomic mass is 32.2. The Kier molecular flexibility index (Phi) is 4.27. The third-order valence-corrected chi connectivity index (χ3v) is 5.22. The first-order chi connectivity index (χ1) is 9.38. The van der Waals surface area contributed by atoms with Crippen molar-refractivity contribution >= 4 is 15.8 Å². The average molecular weight is 297 g/mol. The van der Waals surface area contributed by atoms with Crippen molar-refractivity contribution in [1.82, 2.24) is 4.72 Å². The minimum atomic E-state index is -3.56. The molecule has 6 heteroatoms. The average Bonchev–Trinajstić information content (AvgIpc) is 3.18. The van der Waals surface area contributed by atoms with Crippen LogP contribution in [0.2, 0.25) is 0 Å². The summed E-state index contributed by atoms with van der Waals surface area (Å²) in [5, 5.41) is 8.96. The van der Waals surface area contributed by atoms with Gasteiger partial charge in [-0.1, -0.05) is 12.1 Å². The molecule has 2 rings (SSSR count). The SMILES string of the molecule is CC(=O)c1ccc(S(=O)(=O)NCC2(CCO)CC2)cc1. The molecule has 0 bridgehead atoms. The van der Waals surface area contributed by atoms with Gasteiger partial charge < -0.3 is 5.11 Å². The lowest BCUT2D eigenvalue weighted by atomic mass is 10.0. The third-order valence-electron chi connectivity index (χ3n) is 3.81. The van der Waals surface area contributed by atoms with E-state index in [-0.39, 0.29) is 22.7 Å². The minimum Gasteiger partial charge on any atom is -0.396 e. The lowest BCUT2D eigenvalue weighted by Gasteiger charge is -2.14. The number of ketones is 1. The van der Waals surface area contributed by atoms with Gasteiger partial charge in [0.2, 0.25) is 10.0 Å². The van der Waals surface area contributed by atoms with Crippen LogP contribution >= 0.6 is 0 Å². The van der Waals surface area contributed by atoms with Gasteiger partial charge in [0.15, 0.2) is 5.78 Å². The van der Waals surface area contributed by atoms with Gasteiger partial charge in [0.1, 0.15) is 0 Å². The number of carbonyl (C=O) groups is 1. The highest BCUT2D eigenvalue weighted by Gasteiger charge is 2.42. The number of aliphatic hydroxyl groups excluding tert-OH is 1. The van der Waals surface area contributed by atoms with E-state index in [0.717, 1.165) is 12.8 Å². The fourth-order valence-electron chi connectivity index (χ4n) is 2.13. The van der Waals surface area contributed by atoms with Crippen LogP contribution in [0.1, 0.15) is 36.5 Å². The Morgan fingerprint density at radius 2 is 1.90 bits per heavy atom. The predicted octanol–water partition coefficient (Wildman–Crippen LogP) is 1.33. The van der Waals surface area contributed by atoms with E-state index in [1.165, 1.54) is 31.2 Å². The topological polar surface area (TPSA) is 83.5 Å². The van der Waals surface area contributed by atoms with Crippen LogP contribution in [0.3, 0.4) is 0 Å². The van der Waals surface area contributed by atoms with Gasteiger partial charge in [-0.25, -0.2) is 13.1 Å². The van der Waals surface area contributed by atoms with Gasteiger partial charge in [0.25, 0.3) is 0 Å². The highest BCUT2D eigenvalue weighted by Crippen LogP contribution is 2.48. The van der Waals surface area contributed by atoms with E-state index >= 15 is 0 Å². The van der Waals surface area contributed by atoms with Gasteiger partial charge in [-0.2, -0.15) is 0 Å². The van der Waals surface area contributed by atoms with Gasteiger partial charge in [-0.05, 0) is 43.7 Å². The molecule has 0 heterocycles. The fraction of sp³-hybridized carbons (Fsp3) is 0.500. The fourth-order valence-corrected chi connectivity index (χ4v) is 3.29. The predicted molar refractivity (Wildman–Crippen MR) is 75.0 cm³/mol. The Morgan fingerprint density at radius 1 is 1.30 bits per heavy atom. The zero-order valence-electron chi connectivity index (χ0n) is 11.4. The van der Waals surface area contributed by atoms with Crippen LogP contribution in [0.4, 0.5) is 0 Å². The Hall–Kier alpha value is -1.24. The first kappa shape index (κ1) is 15.2. The smallest absolute Gasteiger partial charge is 0.240 e. The number of carbonyl (C=O) groups excluding carboxylic acids is 1. The van der Waals surface area contributed by atoms with Gasteiger partial charge >= 0.3 is 0 Å². The monoisotopic (exact) mass is 297 g/mol. The van der Waals surface area contributed by atoms with Crippen molar-refractivity contribution in [2.75, 3.05) is 13.2 Å². The number of hydrogen-bond donors (Lipinski definition) is 2. The maximum absolute atomic E-state index is 12.1. The van der Waals surface area contributed by atoms with Crippen LogP contribution in [-0.2, 0) is 10.0 Å². The van der Waals surface area contributed by atoms with Crippen molar-refractivity contribution in [2.45, 2.75) is 31.1 Å². The molecule has 1 aliphatic carbocycles. The summed E-state index contributed by atoms with van der Waals surface area (Å²) in [6, 6.07) is 5.89. The van der Waals surface area contributed by atoms with E-state index < -0.39 is 10.0 Å². The summed E-state index contributed by atoms with van der Waals surface area (Å²) in [6.45, 7) is 1.87. The lowest BCUT2D eigenvalue weighted by Crippen LogP contribution is -2.30. The zero-order chi connectivity index (χ0) is 14.8. The van der Waals surface area contributed by atoms with Gasteiger partial charge in [-0.3, -0.25) is 4.79 Å². The van der Waals surface area contributed by atoms with Crippen LogP contribution in [0, 0.1) is 5.41 Å². The molecule has 5 nitrogen and oxygen atoms in total. The third kappa shape index (κ3) is 3.45. The lowest BCUT2D eigenvalue weighted by molar-refractivity contribution is 0.101. The summed E-state index contributed by atoms with van der Waals surface area (Å²) in [4.78, 5) is 11.3. The van der Waals surface area contributed by atoms with Gasteiger partial charge in [0, 0.05) is 18.7 Å². The quantitative estimate of drug-likeness (QED) is 0.744. The zero-order valence-corrected chi connectivity index (χ0v) is 12.2. The Bertz CT molecular complexity index is 588. The van der Waals surface area contributed by atoms with Crippen molar-refractivity contribution in [3.63, 3.8) is 0 Å². The number of Topliss-reactive ketones (excluding diaryl/α,β-unsaturated/α-hetero) is 1. The molecule has 1 saturated carbocycles. The first-order valence-corrected chi connectivity index (χ1v) is 8.08. The molecule has 0 unspecified atom stereocenters. The summed E-state index contributed by atoms with van der Waals surface area (Å²) in [5.74, 6) is -0.0956. The standard InChI is InChI=1S/C14H19NO4S/c1-11(17)12-2-4-13(5-3-12)20(18,19)15-10-14(6-7-14)8-9-16/h2-5,15-16H,6-10H2,1H3. The second-order valence-electron chi connectivity index (χ2n) is 5.38. The molecule has 2 N–H and O–H groups in total. The van der Waals surface area contributed by atoms with E-state index in [1.54, 1.807) is 0 Å². The van der Waals surface area contributed by atoms with E-state index in [2.05, 4.69) is 4.72 Å². The van der Waals surface area contributed by atoms with Crippen molar-refractivity contribution in [2.24, 2.45) is 5.41 Å². The van der Waals surface area contributed by atoms with Crippen molar-refractivity contribution < 1.29 is 18.3 Å². The molecule has 0 saturated heterocycles. The van der Waals surface area contributed by atoms with Crippen molar-refractivity contribution in [3.05, 3.63) is 29.8 Å². The van der Waals surface area contributed by atoms with Crippen LogP contribution < -0.4 is 4.72 Å². The number of benzene rings is 1. The van der Waals surface area contributed by atoms with Crippen LogP contribution in [0.25, 0.3) is 0 Å². The number of rotatable bonds is 7. The summed E-state index contributed by atoms with van der Waals surface area (Å²) >= 11 is 0. The number of hydrogen-bond acceptors (Lipinski definition) is 4. The molecule has 1 aliphatic rings. The molecule has 1 fully saturated rings. The molecule has 0 aromatic heterocycles. The normalized spacial score (nSPS) is 16.9. The molecule has 0 aliphatic heterocycles. The largest absolute Gasteiger partial charge is 0.396 e. The van der Waals surface area contributed by atoms with Gasteiger partial charge in [0.05, 0.1) is 4.90 Å². The minimum absolute atomic E-state index is 0.0683. The van der Waals surface area contributed by atoms with Crippen LogP contribution in [-0.4, -0.2) is 32.5 Å². The molecular formula is C14H19NO4S. The second-order valence-corrected chi connectivity index (χ2v) is 7.15. The summed E-state index contributed by atoms with van der Waals surface area (Å²) in [6.07, 6.45) is 2.51. The second kappa shape index (κ2) is 5.63. The Balaban J connectivity index is 2.05. The van der Waals surface area contributed by atoms with Crippen molar-refractivity contribution in [1.29, 1.82) is 0 Å². The van der Waals surface area contributed by atoms with E-state index in [1.807, 2.05) is 0 Å². The van der Waals surface area contributed by atoms with Crippen LogP contribution in [0.15, 0.2) is 29.2 Å². The van der Waals surface area contributed by atoms with Crippen molar-refractivity contribution in [3.8, 4) is 0 Å². The molecule has 1 aromatic rings. The molecule has 1 aromatic carbocycles. The van der Waals surface area contributed by atoms with Gasteiger partial charge in [-0.15, -0.1) is 0 Å². The molecule has 0 amide bonds. The van der Waals surface area contributed by atoms with E-state index in [4.69, 9.17) is 5.11 Å². The molecular weight excluding hydrogens is 278 g/mol. The summed E-state index contributed by atoms with van der Waals surface area (Å²) in [5.41, 5.74) is 0.420. The van der Waals surface area contributed by atoms with Crippen LogP contribution in [0.5, 0.6) is 0 Å². The van der Waals surface area contributed by atoms with E-state index in [0.29, 0.717) is 18.5 Å². The summed E-state index contributed by atoms with van der Waals surface area (Å²) in [7, 11) is -3.56. The Morgan fingerprint density at radius 3 is 2.35 bits per heavy atom. The number of aliphatic hydroxyl groups is 1. The molecule has 0 spiro atoms. The highest BCUT2D eigenvalue weighted by molar-refractivity contribution is 7.89. The molecule has 0 atom stereocenters. The Labute approximate surface area is 119 Å². The maximum atomic E-state index is 12.1. The van der Waals surface area contributed by atoms with E-state index in [9.17, 15) is 13.2 Å². The maximum Gasteiger partial charge on any atom is 0.240 e. The molecule has 20 heavy (non-hydrogen) atoms. The molecule has 110 valence electrons. The summed E-state index contributed by atoms with van der Waals surface area (Å²) < 4.78 is 26.9.